The van der Waals surface area contributed by atoms with Crippen LogP contribution in [0.25, 0.3) is 0 Å². The van der Waals surface area contributed by atoms with Gasteiger partial charge in [-0.2, -0.15) is 13.2 Å². The van der Waals surface area contributed by atoms with Crippen molar-refractivity contribution in [2.24, 2.45) is 5.92 Å². The number of carbonyl (C=O) groups is 2. The lowest BCUT2D eigenvalue weighted by Crippen LogP contribution is -2.45. The standard InChI is InChI=1S/C14H16F3NO3/c1-9(12(19)20)7-11(18-13(21)14(15,16)17)8-10-5-3-2-4-6-10/h2-6,9,11H,7-8H2,1H3,(H,18,21)(H,19,20)/t9-,11+/m0/s1. The van der Waals surface area contributed by atoms with E-state index in [1.165, 1.54) is 6.92 Å². The highest BCUT2D eigenvalue weighted by Crippen LogP contribution is 2.17. The number of hydrogen-bond donors (Lipinski definition) is 2. The maximum Gasteiger partial charge on any atom is 0.471 e. The Morgan fingerprint density at radius 2 is 1.81 bits per heavy atom. The van der Waals surface area contributed by atoms with Gasteiger partial charge in [-0.1, -0.05) is 37.3 Å². The molecule has 0 radical (unpaired) electrons. The van der Waals surface area contributed by atoms with Crippen molar-refractivity contribution in [2.75, 3.05) is 0 Å². The highest BCUT2D eigenvalue weighted by atomic mass is 19.4. The molecule has 0 fully saturated rings. The highest BCUT2D eigenvalue weighted by Gasteiger charge is 2.40. The lowest BCUT2D eigenvalue weighted by molar-refractivity contribution is -0.174. The number of aliphatic carboxylic acids is 1. The van der Waals surface area contributed by atoms with E-state index < -0.39 is 30.0 Å². The van der Waals surface area contributed by atoms with E-state index in [4.69, 9.17) is 5.11 Å². The van der Waals surface area contributed by atoms with Gasteiger partial charge >= 0.3 is 18.1 Å². The fourth-order valence-corrected chi connectivity index (χ4v) is 1.89. The molecule has 116 valence electrons. The normalized spacial score (nSPS) is 14.3. The average Bonchev–Trinajstić information content (AvgIpc) is 2.38. The van der Waals surface area contributed by atoms with Gasteiger partial charge in [-0.15, -0.1) is 0 Å². The summed E-state index contributed by atoms with van der Waals surface area (Å²) in [4.78, 5) is 21.9. The SMILES string of the molecule is C[C@@H](C[C@H](Cc1ccccc1)NC(=O)C(F)(F)F)C(=O)O. The Balaban J connectivity index is 2.79. The smallest absolute Gasteiger partial charge is 0.471 e. The first kappa shape index (κ1) is 17.0. The Morgan fingerprint density at radius 3 is 2.29 bits per heavy atom. The maximum absolute atomic E-state index is 12.3. The molecule has 1 rings (SSSR count). The molecule has 0 aliphatic carbocycles. The Labute approximate surface area is 120 Å². The van der Waals surface area contributed by atoms with Crippen LogP contribution in [0.5, 0.6) is 0 Å². The van der Waals surface area contributed by atoms with Crippen LogP contribution in [0.15, 0.2) is 30.3 Å². The minimum Gasteiger partial charge on any atom is -0.481 e. The summed E-state index contributed by atoms with van der Waals surface area (Å²) < 4.78 is 36.9. The predicted octanol–water partition coefficient (Wildman–Crippen LogP) is 2.39. The van der Waals surface area contributed by atoms with Crippen molar-refractivity contribution in [1.82, 2.24) is 5.32 Å². The summed E-state index contributed by atoms with van der Waals surface area (Å²) in [5, 5.41) is 10.7. The van der Waals surface area contributed by atoms with Gasteiger partial charge in [-0.3, -0.25) is 9.59 Å². The molecule has 7 heteroatoms. The minimum atomic E-state index is -4.98. The molecule has 21 heavy (non-hydrogen) atoms. The van der Waals surface area contributed by atoms with Crippen LogP contribution in [0, 0.1) is 5.92 Å². The lowest BCUT2D eigenvalue weighted by atomic mass is 9.96. The molecule has 0 saturated heterocycles. The van der Waals surface area contributed by atoms with Gasteiger partial charge in [-0.05, 0) is 18.4 Å². The second-order valence-electron chi connectivity index (χ2n) is 4.83. The van der Waals surface area contributed by atoms with Gasteiger partial charge in [0, 0.05) is 6.04 Å². The molecule has 0 unspecified atom stereocenters. The molecule has 0 heterocycles. The molecule has 2 N–H and O–H groups in total. The van der Waals surface area contributed by atoms with Gasteiger partial charge < -0.3 is 10.4 Å². The maximum atomic E-state index is 12.3. The third kappa shape index (κ3) is 5.85. The van der Waals surface area contributed by atoms with Crippen LogP contribution in [0.4, 0.5) is 13.2 Å². The monoisotopic (exact) mass is 303 g/mol. The fraction of sp³-hybridized carbons (Fsp3) is 0.429. The van der Waals surface area contributed by atoms with Gasteiger partial charge in [0.1, 0.15) is 0 Å². The largest absolute Gasteiger partial charge is 0.481 e. The first-order chi connectivity index (χ1) is 9.70. The molecule has 1 amide bonds. The van der Waals surface area contributed by atoms with Gasteiger partial charge in [-0.25, -0.2) is 0 Å². The van der Waals surface area contributed by atoms with Crippen LogP contribution < -0.4 is 5.32 Å². The summed E-state index contributed by atoms with van der Waals surface area (Å²) in [6, 6.07) is 7.72. The van der Waals surface area contributed by atoms with E-state index in [0.29, 0.717) is 0 Å². The van der Waals surface area contributed by atoms with Crippen molar-refractivity contribution in [1.29, 1.82) is 0 Å². The summed E-state index contributed by atoms with van der Waals surface area (Å²) >= 11 is 0. The Morgan fingerprint density at radius 1 is 1.24 bits per heavy atom. The number of carbonyl (C=O) groups excluding carboxylic acids is 1. The van der Waals surface area contributed by atoms with Crippen LogP contribution in [-0.2, 0) is 16.0 Å². The number of carboxylic acid groups (broad SMARTS) is 1. The Hall–Kier alpha value is -2.05. The number of amides is 1. The third-order valence-electron chi connectivity index (χ3n) is 2.98. The molecule has 1 aromatic carbocycles. The average molecular weight is 303 g/mol. The van der Waals surface area contributed by atoms with Crippen LogP contribution in [0.2, 0.25) is 0 Å². The van der Waals surface area contributed by atoms with Crippen molar-refractivity contribution in [3.8, 4) is 0 Å². The molecule has 0 aliphatic rings. The van der Waals surface area contributed by atoms with E-state index in [2.05, 4.69) is 0 Å². The molecule has 0 saturated carbocycles. The zero-order valence-corrected chi connectivity index (χ0v) is 11.4. The third-order valence-corrected chi connectivity index (χ3v) is 2.98. The van der Waals surface area contributed by atoms with Gasteiger partial charge in [0.15, 0.2) is 0 Å². The molecule has 0 bridgehead atoms. The molecule has 2 atom stereocenters. The van der Waals surface area contributed by atoms with E-state index in [1.54, 1.807) is 30.3 Å². The molecular formula is C14H16F3NO3. The summed E-state index contributed by atoms with van der Waals surface area (Å²) in [6.07, 6.45) is -4.92. The first-order valence-corrected chi connectivity index (χ1v) is 6.34. The number of nitrogens with one attached hydrogen (secondary N) is 1. The van der Waals surface area contributed by atoms with Gasteiger partial charge in [0.05, 0.1) is 5.92 Å². The van der Waals surface area contributed by atoms with Gasteiger partial charge in [0.2, 0.25) is 0 Å². The molecule has 4 nitrogen and oxygen atoms in total. The number of rotatable bonds is 6. The first-order valence-electron chi connectivity index (χ1n) is 6.34. The highest BCUT2D eigenvalue weighted by molar-refractivity contribution is 5.82. The molecule has 0 aliphatic heterocycles. The van der Waals surface area contributed by atoms with Crippen molar-refractivity contribution >= 4 is 11.9 Å². The van der Waals surface area contributed by atoms with E-state index >= 15 is 0 Å². The minimum absolute atomic E-state index is 0.0773. The van der Waals surface area contributed by atoms with E-state index in [1.807, 2.05) is 5.32 Å². The van der Waals surface area contributed by atoms with Crippen molar-refractivity contribution in [3.63, 3.8) is 0 Å². The molecule has 0 spiro atoms. The zero-order chi connectivity index (χ0) is 16.0. The van der Waals surface area contributed by atoms with Crippen molar-refractivity contribution in [3.05, 3.63) is 35.9 Å². The van der Waals surface area contributed by atoms with Crippen molar-refractivity contribution < 1.29 is 27.9 Å². The van der Waals surface area contributed by atoms with Crippen LogP contribution in [0.3, 0.4) is 0 Å². The molecule has 1 aromatic rings. The van der Waals surface area contributed by atoms with E-state index in [9.17, 15) is 22.8 Å². The van der Waals surface area contributed by atoms with Crippen LogP contribution in [0.1, 0.15) is 18.9 Å². The summed E-state index contributed by atoms with van der Waals surface area (Å²) in [7, 11) is 0. The molecular weight excluding hydrogens is 287 g/mol. The second kappa shape index (κ2) is 7.10. The number of halogens is 3. The number of benzene rings is 1. The zero-order valence-electron chi connectivity index (χ0n) is 11.4. The number of carboxylic acids is 1. The van der Waals surface area contributed by atoms with Crippen LogP contribution in [-0.4, -0.2) is 29.2 Å². The number of hydrogen-bond acceptors (Lipinski definition) is 2. The topological polar surface area (TPSA) is 66.4 Å². The summed E-state index contributed by atoms with van der Waals surface area (Å²) in [6.45, 7) is 1.39. The second-order valence-corrected chi connectivity index (χ2v) is 4.83. The van der Waals surface area contributed by atoms with E-state index in [0.717, 1.165) is 5.56 Å². The fourth-order valence-electron chi connectivity index (χ4n) is 1.89. The molecule has 0 aromatic heterocycles. The quantitative estimate of drug-likeness (QED) is 0.848. The van der Waals surface area contributed by atoms with E-state index in [-0.39, 0.29) is 12.8 Å². The predicted molar refractivity (Wildman–Crippen MR) is 69.5 cm³/mol. The van der Waals surface area contributed by atoms with Gasteiger partial charge in [0.25, 0.3) is 0 Å². The Kier molecular flexibility index (Phi) is 5.75. The summed E-state index contributed by atoms with van der Waals surface area (Å²) in [5.74, 6) is -4.03. The van der Waals surface area contributed by atoms with Crippen molar-refractivity contribution in [2.45, 2.75) is 32.0 Å². The Bertz CT molecular complexity index is 488. The number of alkyl halides is 3. The van der Waals surface area contributed by atoms with Crippen LogP contribution >= 0.6 is 0 Å². The lowest BCUT2D eigenvalue weighted by Gasteiger charge is -2.21. The summed E-state index contributed by atoms with van der Waals surface area (Å²) in [5.41, 5.74) is 0.725.